The molecule has 1 saturated heterocycles. The number of ether oxygens (including phenoxy) is 1. The van der Waals surface area contributed by atoms with E-state index in [1.807, 2.05) is 0 Å². The maximum atomic E-state index is 15.2. The summed E-state index contributed by atoms with van der Waals surface area (Å²) in [6.45, 7) is 2.00. The molecule has 0 radical (unpaired) electrons. The molecule has 1 aliphatic rings. The first-order chi connectivity index (χ1) is 17.7. The van der Waals surface area contributed by atoms with Crippen LogP contribution in [0.2, 0.25) is 0 Å². The van der Waals surface area contributed by atoms with Crippen LogP contribution in [0.15, 0.2) is 67.3 Å². The summed E-state index contributed by atoms with van der Waals surface area (Å²) in [5, 5.41) is 21.6. The van der Waals surface area contributed by atoms with E-state index in [2.05, 4.69) is 6.58 Å². The topological polar surface area (TPSA) is 70.0 Å². The summed E-state index contributed by atoms with van der Waals surface area (Å²) in [7, 11) is 0. The molecular formula is C26H26F7NO4. The summed E-state index contributed by atoms with van der Waals surface area (Å²) in [5.74, 6) is -0.955. The molecule has 0 bridgehead atoms. The molecule has 0 aliphatic carbocycles. The molecule has 12 heteroatoms. The minimum Gasteiger partial charge on any atom is -0.465 e. The fraction of sp³-hybridized carbons (Fsp3) is 0.423. The van der Waals surface area contributed by atoms with Crippen molar-refractivity contribution in [2.75, 3.05) is 13.2 Å². The highest BCUT2D eigenvalue weighted by Gasteiger charge is 2.91. The largest absolute Gasteiger partial charge is 0.465 e. The fourth-order valence-electron chi connectivity index (χ4n) is 5.82. The minimum atomic E-state index is -6.14. The molecule has 1 amide bonds. The lowest BCUT2D eigenvalue weighted by Crippen LogP contribution is -2.72. The smallest absolute Gasteiger partial charge is 0.409 e. The van der Waals surface area contributed by atoms with Crippen molar-refractivity contribution < 1.29 is 50.5 Å². The van der Waals surface area contributed by atoms with Gasteiger partial charge in [0.25, 0.3) is 0 Å². The van der Waals surface area contributed by atoms with Crippen LogP contribution in [0.3, 0.4) is 0 Å². The summed E-state index contributed by atoms with van der Waals surface area (Å²) >= 11 is 0. The third kappa shape index (κ3) is 3.96. The molecule has 1 heterocycles. The van der Waals surface area contributed by atoms with E-state index in [1.54, 1.807) is 0 Å². The molecule has 3 unspecified atom stereocenters. The predicted molar refractivity (Wildman–Crippen MR) is 123 cm³/mol. The second-order valence-electron chi connectivity index (χ2n) is 8.90. The van der Waals surface area contributed by atoms with Crippen molar-refractivity contribution in [3.8, 4) is 0 Å². The summed E-state index contributed by atoms with van der Waals surface area (Å²) in [6.07, 6.45) is -16.0. The third-order valence-corrected chi connectivity index (χ3v) is 7.12. The van der Waals surface area contributed by atoms with Crippen LogP contribution in [0.1, 0.15) is 30.9 Å². The molecular weight excluding hydrogens is 523 g/mol. The number of amides is 1. The number of allylic oxidation sites excluding steroid dienone is 1. The molecule has 3 rings (SSSR count). The van der Waals surface area contributed by atoms with Crippen LogP contribution in [0.4, 0.5) is 35.5 Å². The molecule has 1 fully saturated rings. The van der Waals surface area contributed by atoms with E-state index in [4.69, 9.17) is 4.74 Å². The Hall–Kier alpha value is -3.12. The highest BCUT2D eigenvalue weighted by Crippen LogP contribution is 2.72. The van der Waals surface area contributed by atoms with Crippen molar-refractivity contribution in [1.29, 1.82) is 0 Å². The SMILES string of the molecule is C=CCCC(O)C1(OCC)N(C(=O)O)CC(C(F)(F)F)(C(F)(F)F)C1(c1ccccc1)c1ccc(F)cc1. The summed E-state index contributed by atoms with van der Waals surface area (Å²) < 4.78 is 111. The normalized spacial score (nSPS) is 24.3. The van der Waals surface area contributed by atoms with Crippen molar-refractivity contribution >= 4 is 6.09 Å². The number of likely N-dealkylation sites (tertiary alicyclic amines) is 1. The molecule has 208 valence electrons. The van der Waals surface area contributed by atoms with Gasteiger partial charge in [0, 0.05) is 6.61 Å². The lowest BCUT2D eigenvalue weighted by molar-refractivity contribution is -0.360. The van der Waals surface area contributed by atoms with E-state index in [1.165, 1.54) is 31.2 Å². The van der Waals surface area contributed by atoms with Crippen LogP contribution in [0.25, 0.3) is 0 Å². The van der Waals surface area contributed by atoms with E-state index in [9.17, 15) is 19.4 Å². The lowest BCUT2D eigenvalue weighted by Gasteiger charge is -2.55. The molecule has 1 aliphatic heterocycles. The first-order valence-electron chi connectivity index (χ1n) is 11.6. The number of aliphatic hydroxyl groups is 1. The van der Waals surface area contributed by atoms with Crippen LogP contribution in [0.5, 0.6) is 0 Å². The van der Waals surface area contributed by atoms with Crippen molar-refractivity contribution in [3.63, 3.8) is 0 Å². The van der Waals surface area contributed by atoms with E-state index in [0.717, 1.165) is 24.3 Å². The number of nitrogens with zero attached hydrogens (tertiary/aromatic N) is 1. The maximum absolute atomic E-state index is 15.2. The van der Waals surface area contributed by atoms with E-state index >= 15 is 26.3 Å². The van der Waals surface area contributed by atoms with Gasteiger partial charge in [0.2, 0.25) is 0 Å². The number of carboxylic acid groups (broad SMARTS) is 1. The number of aliphatic hydroxyl groups excluding tert-OH is 1. The quantitative estimate of drug-likeness (QED) is 0.301. The van der Waals surface area contributed by atoms with Crippen molar-refractivity contribution in [2.45, 2.75) is 49.4 Å². The Bertz CT molecular complexity index is 1120. The van der Waals surface area contributed by atoms with Gasteiger partial charge < -0.3 is 14.9 Å². The number of rotatable bonds is 8. The van der Waals surface area contributed by atoms with Crippen LogP contribution < -0.4 is 0 Å². The van der Waals surface area contributed by atoms with E-state index in [0.29, 0.717) is 12.1 Å². The van der Waals surface area contributed by atoms with Crippen LogP contribution in [-0.4, -0.2) is 58.5 Å². The average Bonchev–Trinajstić information content (AvgIpc) is 3.14. The average molecular weight is 549 g/mol. The monoisotopic (exact) mass is 549 g/mol. The molecule has 0 saturated carbocycles. The predicted octanol–water partition coefficient (Wildman–Crippen LogP) is 6.28. The first kappa shape index (κ1) is 29.4. The summed E-state index contributed by atoms with van der Waals surface area (Å²) in [6, 6.07) is 8.50. The first-order valence-corrected chi connectivity index (χ1v) is 11.6. The van der Waals surface area contributed by atoms with Gasteiger partial charge in [-0.15, -0.1) is 6.58 Å². The van der Waals surface area contributed by atoms with Crippen molar-refractivity contribution in [1.82, 2.24) is 4.90 Å². The number of benzene rings is 2. The molecule has 5 nitrogen and oxygen atoms in total. The Kier molecular flexibility index (Phi) is 7.91. The van der Waals surface area contributed by atoms with Gasteiger partial charge in [0.1, 0.15) is 11.9 Å². The summed E-state index contributed by atoms with van der Waals surface area (Å²) in [4.78, 5) is 12.4. The number of hydrogen-bond acceptors (Lipinski definition) is 3. The van der Waals surface area contributed by atoms with Crippen molar-refractivity contribution in [2.24, 2.45) is 5.41 Å². The number of alkyl halides is 6. The van der Waals surface area contributed by atoms with E-state index < -0.39 is 77.6 Å². The van der Waals surface area contributed by atoms with Crippen molar-refractivity contribution in [3.05, 3.63) is 84.2 Å². The Morgan fingerprint density at radius 2 is 1.58 bits per heavy atom. The Morgan fingerprint density at radius 1 is 1.05 bits per heavy atom. The van der Waals surface area contributed by atoms with Gasteiger partial charge in [0.05, 0.1) is 12.0 Å². The van der Waals surface area contributed by atoms with Gasteiger partial charge in [-0.05, 0) is 43.0 Å². The number of hydrogen-bond donors (Lipinski definition) is 2. The minimum absolute atomic E-state index is 0.0945. The second-order valence-corrected chi connectivity index (χ2v) is 8.90. The number of carbonyl (C=O) groups is 1. The van der Waals surface area contributed by atoms with Gasteiger partial charge in [-0.25, -0.2) is 9.18 Å². The molecule has 0 spiro atoms. The second kappa shape index (κ2) is 10.2. The van der Waals surface area contributed by atoms with Gasteiger partial charge >= 0.3 is 18.4 Å². The van der Waals surface area contributed by atoms with Gasteiger partial charge in [-0.3, -0.25) is 4.90 Å². The molecule has 2 aromatic carbocycles. The highest BCUT2D eigenvalue weighted by atomic mass is 19.4. The van der Waals surface area contributed by atoms with Crippen LogP contribution >= 0.6 is 0 Å². The zero-order valence-electron chi connectivity index (χ0n) is 20.2. The molecule has 2 aromatic rings. The molecule has 0 aromatic heterocycles. The van der Waals surface area contributed by atoms with Gasteiger partial charge in [0.15, 0.2) is 11.1 Å². The number of halogens is 7. The zero-order valence-corrected chi connectivity index (χ0v) is 20.2. The Balaban J connectivity index is 2.75. The molecule has 38 heavy (non-hydrogen) atoms. The Labute approximate surface area is 214 Å². The zero-order chi connectivity index (χ0) is 28.6. The third-order valence-electron chi connectivity index (χ3n) is 7.12. The molecule has 2 N–H and O–H groups in total. The maximum Gasteiger partial charge on any atom is 0.409 e. The fourth-order valence-corrected chi connectivity index (χ4v) is 5.82. The summed E-state index contributed by atoms with van der Waals surface area (Å²) in [5.41, 5.74) is -12.9. The lowest BCUT2D eigenvalue weighted by atomic mass is 9.52. The van der Waals surface area contributed by atoms with Crippen LogP contribution in [0, 0.1) is 11.2 Å². The Morgan fingerprint density at radius 3 is 2.03 bits per heavy atom. The van der Waals surface area contributed by atoms with Gasteiger partial charge in [-0.1, -0.05) is 48.5 Å². The van der Waals surface area contributed by atoms with E-state index in [-0.39, 0.29) is 11.3 Å². The standard InChI is InChI=1S/C26H26F7NO4/c1-3-5-11-20(35)24(38-4-2)23(17-9-7-6-8-10-17,18-12-14-19(27)15-13-18)22(25(28,29)30,26(31,32)33)16-34(24)21(36)37/h3,6-10,12-15,20,35H,1,4-5,11,16H2,2H3,(H,36,37). The molecule has 3 atom stereocenters. The van der Waals surface area contributed by atoms with Gasteiger partial charge in [-0.2, -0.15) is 26.3 Å². The highest BCUT2D eigenvalue weighted by molar-refractivity contribution is 5.70. The van der Waals surface area contributed by atoms with Crippen LogP contribution in [-0.2, 0) is 10.2 Å².